The molecule has 2 heterocycles. The summed E-state index contributed by atoms with van der Waals surface area (Å²) >= 11 is 0. The minimum Gasteiger partial charge on any atom is -0.443 e. The first-order valence-electron chi connectivity index (χ1n) is 9.65. The Balaban J connectivity index is 1.91. The van der Waals surface area contributed by atoms with E-state index in [4.69, 9.17) is 4.74 Å². The van der Waals surface area contributed by atoms with E-state index in [0.29, 0.717) is 30.8 Å². The van der Waals surface area contributed by atoms with Crippen LogP contribution >= 0.6 is 0 Å². The smallest absolute Gasteiger partial charge is 0.414 e. The molecule has 1 aromatic heterocycles. The number of rotatable bonds is 3. The van der Waals surface area contributed by atoms with Crippen molar-refractivity contribution < 1.29 is 27.1 Å². The fourth-order valence-electron chi connectivity index (χ4n) is 3.16. The first kappa shape index (κ1) is 22.7. The number of pyridine rings is 1. The van der Waals surface area contributed by atoms with E-state index in [1.807, 2.05) is 0 Å². The number of carbonyl (C=O) groups excluding carboxylic acids is 2. The van der Waals surface area contributed by atoms with Gasteiger partial charge < -0.3 is 10.1 Å². The van der Waals surface area contributed by atoms with Crippen LogP contribution in [-0.2, 0) is 21.0 Å². The Hall–Kier alpha value is -3.01. The predicted molar refractivity (Wildman–Crippen MR) is 114 cm³/mol. The van der Waals surface area contributed by atoms with E-state index in [1.54, 1.807) is 20.8 Å². The molecule has 1 N–H and O–H groups in total. The predicted octanol–water partition coefficient (Wildman–Crippen LogP) is 3.56. The van der Waals surface area contributed by atoms with Gasteiger partial charge in [-0.1, -0.05) is 0 Å². The highest BCUT2D eigenvalue weighted by atomic mass is 32.2. The molecule has 10 heteroatoms. The fourth-order valence-corrected chi connectivity index (χ4v) is 4.01. The van der Waals surface area contributed by atoms with E-state index in [0.717, 1.165) is 18.4 Å². The molecule has 0 saturated heterocycles. The van der Waals surface area contributed by atoms with Gasteiger partial charge in [0.25, 0.3) is 5.91 Å². The number of hydrogen-bond acceptors (Lipinski definition) is 6. The van der Waals surface area contributed by atoms with Crippen LogP contribution in [0, 0.1) is 5.82 Å². The third-order valence-electron chi connectivity index (χ3n) is 4.50. The van der Waals surface area contributed by atoms with Crippen LogP contribution in [0.25, 0.3) is 0 Å². The standard InChI is InChI=1S/C21H24FN3O5S/c1-21(2,3)30-20(27)25-9-5-6-15-17(25)10-13(12-23-15)19(26)24-16-8-7-14(22)11-18(16)31(4,28)29/h7-8,10-12H,5-6,9H2,1-4H3,(H,24,26). The van der Waals surface area contributed by atoms with Gasteiger partial charge in [-0.2, -0.15) is 0 Å². The molecule has 0 fully saturated rings. The Morgan fingerprint density at radius 3 is 2.58 bits per heavy atom. The summed E-state index contributed by atoms with van der Waals surface area (Å²) in [5.41, 5.74) is 0.526. The van der Waals surface area contributed by atoms with Gasteiger partial charge in [-0.3, -0.25) is 14.7 Å². The van der Waals surface area contributed by atoms with Crippen molar-refractivity contribution in [2.75, 3.05) is 23.0 Å². The number of ether oxygens (including phenoxy) is 1. The number of fused-ring (bicyclic) bond motifs is 1. The van der Waals surface area contributed by atoms with Crippen LogP contribution in [0.3, 0.4) is 0 Å². The maximum Gasteiger partial charge on any atom is 0.414 e. The lowest BCUT2D eigenvalue weighted by atomic mass is 10.1. The van der Waals surface area contributed by atoms with Crippen LogP contribution in [0.2, 0.25) is 0 Å². The van der Waals surface area contributed by atoms with Gasteiger partial charge in [-0.05, 0) is 57.9 Å². The van der Waals surface area contributed by atoms with Crippen LogP contribution in [0.15, 0.2) is 35.4 Å². The maximum atomic E-state index is 13.5. The second-order valence-electron chi connectivity index (χ2n) is 8.29. The summed E-state index contributed by atoms with van der Waals surface area (Å²) in [6, 6.07) is 4.60. The van der Waals surface area contributed by atoms with Crippen molar-refractivity contribution in [2.24, 2.45) is 0 Å². The van der Waals surface area contributed by atoms with E-state index in [-0.39, 0.29) is 16.1 Å². The second-order valence-corrected chi connectivity index (χ2v) is 10.3. The maximum absolute atomic E-state index is 13.5. The molecule has 1 aliphatic rings. The largest absolute Gasteiger partial charge is 0.443 e. The van der Waals surface area contributed by atoms with Gasteiger partial charge in [0.05, 0.1) is 27.5 Å². The Morgan fingerprint density at radius 2 is 1.94 bits per heavy atom. The molecule has 166 valence electrons. The molecule has 31 heavy (non-hydrogen) atoms. The molecule has 0 aliphatic carbocycles. The fraction of sp³-hybridized carbons (Fsp3) is 0.381. The lowest BCUT2D eigenvalue weighted by Crippen LogP contribution is -2.40. The number of aromatic nitrogens is 1. The van der Waals surface area contributed by atoms with E-state index in [2.05, 4.69) is 10.3 Å². The van der Waals surface area contributed by atoms with Crippen molar-refractivity contribution in [3.8, 4) is 0 Å². The topological polar surface area (TPSA) is 106 Å². The van der Waals surface area contributed by atoms with Crippen molar-refractivity contribution in [1.82, 2.24) is 4.98 Å². The van der Waals surface area contributed by atoms with Crippen LogP contribution in [0.4, 0.5) is 20.6 Å². The SMILES string of the molecule is CC(C)(C)OC(=O)N1CCCc2ncc(C(=O)Nc3ccc(F)cc3S(C)(=O)=O)cc21. The van der Waals surface area contributed by atoms with Crippen molar-refractivity contribution in [3.63, 3.8) is 0 Å². The van der Waals surface area contributed by atoms with E-state index < -0.39 is 33.3 Å². The summed E-state index contributed by atoms with van der Waals surface area (Å²) < 4.78 is 42.9. The first-order valence-corrected chi connectivity index (χ1v) is 11.5. The Kier molecular flexibility index (Phi) is 6.04. The Labute approximate surface area is 180 Å². The number of halogens is 1. The van der Waals surface area contributed by atoms with E-state index >= 15 is 0 Å². The van der Waals surface area contributed by atoms with Crippen molar-refractivity contribution in [2.45, 2.75) is 44.1 Å². The number of aryl methyl sites for hydroxylation is 1. The van der Waals surface area contributed by atoms with Gasteiger partial charge in [0.2, 0.25) is 0 Å². The summed E-state index contributed by atoms with van der Waals surface area (Å²) in [6.45, 7) is 5.71. The number of benzene rings is 1. The van der Waals surface area contributed by atoms with E-state index in [9.17, 15) is 22.4 Å². The van der Waals surface area contributed by atoms with E-state index in [1.165, 1.54) is 23.2 Å². The normalized spacial score (nSPS) is 14.0. The van der Waals surface area contributed by atoms with Crippen molar-refractivity contribution in [1.29, 1.82) is 0 Å². The molecule has 0 saturated carbocycles. The van der Waals surface area contributed by atoms with Crippen LogP contribution in [0.5, 0.6) is 0 Å². The molecule has 0 atom stereocenters. The number of amides is 2. The minimum absolute atomic E-state index is 0.0457. The van der Waals surface area contributed by atoms with Gasteiger partial charge >= 0.3 is 6.09 Å². The van der Waals surface area contributed by atoms with Crippen molar-refractivity contribution >= 4 is 33.2 Å². The summed E-state index contributed by atoms with van der Waals surface area (Å²) in [4.78, 5) is 30.8. The first-order chi connectivity index (χ1) is 14.3. The summed E-state index contributed by atoms with van der Waals surface area (Å²) in [7, 11) is -3.78. The third-order valence-corrected chi connectivity index (χ3v) is 5.64. The van der Waals surface area contributed by atoms with Crippen LogP contribution in [0.1, 0.15) is 43.2 Å². The number of nitrogens with zero attached hydrogens (tertiary/aromatic N) is 2. The summed E-state index contributed by atoms with van der Waals surface area (Å²) in [5, 5.41) is 2.49. The second kappa shape index (κ2) is 8.26. The molecule has 0 unspecified atom stereocenters. The third kappa shape index (κ3) is 5.38. The van der Waals surface area contributed by atoms with Gasteiger partial charge in [-0.25, -0.2) is 17.6 Å². The zero-order valence-corrected chi connectivity index (χ0v) is 18.5. The molecule has 2 amide bonds. The van der Waals surface area contributed by atoms with Gasteiger partial charge in [0, 0.05) is 19.0 Å². The van der Waals surface area contributed by atoms with Gasteiger partial charge in [0.15, 0.2) is 9.84 Å². The quantitative estimate of drug-likeness (QED) is 0.768. The van der Waals surface area contributed by atoms with Crippen LogP contribution in [-0.4, -0.2) is 43.8 Å². The lowest BCUT2D eigenvalue weighted by molar-refractivity contribution is 0.0577. The Bertz CT molecular complexity index is 1140. The zero-order valence-electron chi connectivity index (χ0n) is 17.7. The van der Waals surface area contributed by atoms with Gasteiger partial charge in [-0.15, -0.1) is 0 Å². The highest BCUT2D eigenvalue weighted by Gasteiger charge is 2.29. The molecular weight excluding hydrogens is 425 g/mol. The molecule has 8 nitrogen and oxygen atoms in total. The average molecular weight is 450 g/mol. The minimum atomic E-state index is -3.78. The van der Waals surface area contributed by atoms with Crippen molar-refractivity contribution in [3.05, 3.63) is 47.5 Å². The molecule has 1 aliphatic heterocycles. The lowest BCUT2D eigenvalue weighted by Gasteiger charge is -2.31. The highest BCUT2D eigenvalue weighted by Crippen LogP contribution is 2.29. The number of sulfone groups is 1. The molecular formula is C21H24FN3O5S. The van der Waals surface area contributed by atoms with Gasteiger partial charge in [0.1, 0.15) is 11.4 Å². The number of hydrogen-bond donors (Lipinski definition) is 1. The summed E-state index contributed by atoms with van der Waals surface area (Å²) in [6.07, 6.45) is 3.10. The number of nitrogens with one attached hydrogen (secondary N) is 1. The summed E-state index contributed by atoms with van der Waals surface area (Å²) in [5.74, 6) is -1.37. The molecule has 0 spiro atoms. The molecule has 1 aromatic carbocycles. The number of carbonyl (C=O) groups is 2. The molecule has 2 aromatic rings. The number of anilines is 2. The average Bonchev–Trinajstić information content (AvgIpc) is 2.66. The monoisotopic (exact) mass is 449 g/mol. The molecule has 0 bridgehead atoms. The van der Waals surface area contributed by atoms with Crippen LogP contribution < -0.4 is 10.2 Å². The highest BCUT2D eigenvalue weighted by molar-refractivity contribution is 7.90. The zero-order chi connectivity index (χ0) is 23.0. The Morgan fingerprint density at radius 1 is 1.23 bits per heavy atom. The molecule has 3 rings (SSSR count). The molecule has 0 radical (unpaired) electrons.